The van der Waals surface area contributed by atoms with Gasteiger partial charge in [-0.2, -0.15) is 0 Å². The largest absolute Gasteiger partial charge is 0.489 e. The molecule has 1 N–H and O–H groups in total. The van der Waals surface area contributed by atoms with E-state index >= 15 is 0 Å². The van der Waals surface area contributed by atoms with Crippen molar-refractivity contribution in [1.29, 1.82) is 0 Å². The van der Waals surface area contributed by atoms with E-state index in [1.54, 1.807) is 32.2 Å². The number of sulfone groups is 1. The fraction of sp³-hybridized carbons (Fsp3) is 0.156. The Morgan fingerprint density at radius 1 is 0.821 bits per heavy atom. The number of ether oxygens (including phenoxy) is 1. The number of nitrogens with one attached hydrogen (secondary N) is 1. The zero-order chi connectivity index (χ0) is 27.4. The normalized spacial score (nSPS) is 11.6. The summed E-state index contributed by atoms with van der Waals surface area (Å²) in [5.41, 5.74) is 5.36. The molecule has 3 aromatic carbocycles. The van der Waals surface area contributed by atoms with Crippen LogP contribution in [0.5, 0.6) is 5.75 Å². The van der Waals surface area contributed by atoms with E-state index in [0.717, 1.165) is 33.5 Å². The molecule has 7 heteroatoms. The van der Waals surface area contributed by atoms with E-state index in [1.165, 1.54) is 0 Å². The highest BCUT2D eigenvalue weighted by Gasteiger charge is 2.19. The first-order valence-corrected chi connectivity index (χ1v) is 14.3. The zero-order valence-electron chi connectivity index (χ0n) is 21.9. The van der Waals surface area contributed by atoms with Crippen LogP contribution in [0.2, 0.25) is 0 Å². The molecular formula is C32H30N2O4S. The van der Waals surface area contributed by atoms with Gasteiger partial charge < -0.3 is 14.5 Å². The summed E-state index contributed by atoms with van der Waals surface area (Å²) in [6.45, 7) is 4.26. The van der Waals surface area contributed by atoms with Crippen molar-refractivity contribution in [2.45, 2.75) is 37.1 Å². The van der Waals surface area contributed by atoms with Crippen molar-refractivity contribution in [2.24, 2.45) is 0 Å². The van der Waals surface area contributed by atoms with E-state index in [-0.39, 0.29) is 5.91 Å². The predicted molar refractivity (Wildman–Crippen MR) is 154 cm³/mol. The highest BCUT2D eigenvalue weighted by molar-refractivity contribution is 7.92. The summed E-state index contributed by atoms with van der Waals surface area (Å²) in [7, 11) is -3.31. The molecular weight excluding hydrogens is 508 g/mol. The van der Waals surface area contributed by atoms with Crippen LogP contribution in [0.1, 0.15) is 35.3 Å². The summed E-state index contributed by atoms with van der Waals surface area (Å²) in [6.07, 6.45) is 3.73. The Hall–Kier alpha value is -4.36. The lowest BCUT2D eigenvalue weighted by molar-refractivity contribution is 0.0951. The Bertz CT molecular complexity index is 1690. The third-order valence-corrected chi connectivity index (χ3v) is 8.79. The minimum atomic E-state index is -3.31. The lowest BCUT2D eigenvalue weighted by atomic mass is 10.1. The fourth-order valence-corrected chi connectivity index (χ4v) is 5.30. The van der Waals surface area contributed by atoms with Crippen molar-refractivity contribution >= 4 is 21.3 Å². The maximum absolute atomic E-state index is 12.8. The quantitative estimate of drug-likeness (QED) is 0.239. The fourth-order valence-electron chi connectivity index (χ4n) is 4.24. The molecule has 5 rings (SSSR count). The maximum Gasteiger partial charge on any atom is 0.253 e. The van der Waals surface area contributed by atoms with Crippen molar-refractivity contribution in [3.05, 3.63) is 126 Å². The monoisotopic (exact) mass is 538 g/mol. The standard InChI is InChI=1S/C32H30N2O4S/c1-23(2)39(36,37)31-16-11-26(12-17-31)27-10-13-29-18-28(21-34(29)20-27)32(35)33-19-24-8-14-30(15-9-24)38-22-25-6-4-3-5-7-25/h3-18,20-21,23H,19,22H2,1-2H3,(H,33,35). The highest BCUT2D eigenvalue weighted by Crippen LogP contribution is 2.25. The number of hydrogen-bond acceptors (Lipinski definition) is 4. The zero-order valence-corrected chi connectivity index (χ0v) is 22.7. The van der Waals surface area contributed by atoms with Crippen LogP contribution in [-0.4, -0.2) is 24.0 Å². The maximum atomic E-state index is 12.8. The molecule has 0 fully saturated rings. The minimum Gasteiger partial charge on any atom is -0.489 e. The van der Waals surface area contributed by atoms with Crippen molar-refractivity contribution in [3.63, 3.8) is 0 Å². The SMILES string of the molecule is CC(C)S(=O)(=O)c1ccc(-c2ccc3cc(C(=O)NCc4ccc(OCc5ccccc5)cc4)cn3c2)cc1. The average Bonchev–Trinajstić information content (AvgIpc) is 3.40. The van der Waals surface area contributed by atoms with Crippen LogP contribution in [0.4, 0.5) is 0 Å². The van der Waals surface area contributed by atoms with Gasteiger partial charge in [0.25, 0.3) is 5.91 Å². The van der Waals surface area contributed by atoms with E-state index in [4.69, 9.17) is 4.74 Å². The Balaban J connectivity index is 1.21. The van der Waals surface area contributed by atoms with Crippen LogP contribution in [0.25, 0.3) is 16.6 Å². The number of carbonyl (C=O) groups excluding carboxylic acids is 1. The molecule has 39 heavy (non-hydrogen) atoms. The van der Waals surface area contributed by atoms with Crippen LogP contribution in [0.15, 0.2) is 114 Å². The van der Waals surface area contributed by atoms with E-state index in [1.807, 2.05) is 95.5 Å². The molecule has 0 aliphatic carbocycles. The van der Waals surface area contributed by atoms with E-state index in [2.05, 4.69) is 5.32 Å². The van der Waals surface area contributed by atoms with Crippen molar-refractivity contribution in [1.82, 2.24) is 9.72 Å². The van der Waals surface area contributed by atoms with Crippen molar-refractivity contribution in [3.8, 4) is 16.9 Å². The number of benzene rings is 3. The van der Waals surface area contributed by atoms with Gasteiger partial charge in [0, 0.05) is 24.5 Å². The minimum absolute atomic E-state index is 0.159. The van der Waals surface area contributed by atoms with Gasteiger partial charge in [0.1, 0.15) is 12.4 Å². The van der Waals surface area contributed by atoms with Gasteiger partial charge in [-0.25, -0.2) is 8.42 Å². The van der Waals surface area contributed by atoms with Crippen molar-refractivity contribution < 1.29 is 17.9 Å². The molecule has 5 aromatic rings. The molecule has 0 saturated heterocycles. The number of amides is 1. The van der Waals surface area contributed by atoms with Gasteiger partial charge in [-0.1, -0.05) is 60.7 Å². The molecule has 0 unspecified atom stereocenters. The van der Waals surface area contributed by atoms with Gasteiger partial charge in [-0.05, 0) is 72.5 Å². The third kappa shape index (κ3) is 6.04. The van der Waals surface area contributed by atoms with Gasteiger partial charge >= 0.3 is 0 Å². The lowest BCUT2D eigenvalue weighted by Crippen LogP contribution is -2.22. The van der Waals surface area contributed by atoms with Crippen LogP contribution in [0, 0.1) is 0 Å². The topological polar surface area (TPSA) is 76.9 Å². The number of aromatic nitrogens is 1. The number of nitrogens with zero attached hydrogens (tertiary/aromatic N) is 1. The Morgan fingerprint density at radius 2 is 1.51 bits per heavy atom. The average molecular weight is 539 g/mol. The molecule has 0 aliphatic rings. The summed E-state index contributed by atoms with van der Waals surface area (Å²) in [5, 5.41) is 2.51. The van der Waals surface area contributed by atoms with E-state index in [9.17, 15) is 13.2 Å². The number of carbonyl (C=O) groups is 1. The first kappa shape index (κ1) is 26.3. The lowest BCUT2D eigenvalue weighted by Gasteiger charge is -2.09. The van der Waals surface area contributed by atoms with Gasteiger partial charge in [-0.3, -0.25) is 4.79 Å². The summed E-state index contributed by atoms with van der Waals surface area (Å²) >= 11 is 0. The Morgan fingerprint density at radius 3 is 2.21 bits per heavy atom. The van der Waals surface area contributed by atoms with Crippen LogP contribution < -0.4 is 10.1 Å². The molecule has 0 spiro atoms. The van der Waals surface area contributed by atoms with Crippen molar-refractivity contribution in [2.75, 3.05) is 0 Å². The molecule has 0 bridgehead atoms. The Labute approximate surface area is 228 Å². The Kier molecular flexibility index (Phi) is 7.52. The molecule has 2 aromatic heterocycles. The molecule has 0 saturated carbocycles. The van der Waals surface area contributed by atoms with Gasteiger partial charge in [-0.15, -0.1) is 0 Å². The second-order valence-corrected chi connectivity index (χ2v) is 12.2. The van der Waals surface area contributed by atoms with E-state index < -0.39 is 15.1 Å². The number of rotatable bonds is 9. The van der Waals surface area contributed by atoms with Crippen LogP contribution in [-0.2, 0) is 23.0 Å². The summed E-state index contributed by atoms with van der Waals surface area (Å²) in [5.74, 6) is 0.618. The number of hydrogen-bond donors (Lipinski definition) is 1. The van der Waals surface area contributed by atoms with Gasteiger partial charge in [0.2, 0.25) is 0 Å². The summed E-state index contributed by atoms with van der Waals surface area (Å²) in [4.78, 5) is 13.2. The van der Waals surface area contributed by atoms with Crippen LogP contribution >= 0.6 is 0 Å². The molecule has 0 atom stereocenters. The van der Waals surface area contributed by atoms with Crippen LogP contribution in [0.3, 0.4) is 0 Å². The summed E-state index contributed by atoms with van der Waals surface area (Å²) in [6, 6.07) is 30.4. The first-order valence-electron chi connectivity index (χ1n) is 12.8. The van der Waals surface area contributed by atoms with Gasteiger partial charge in [0.15, 0.2) is 9.84 Å². The second-order valence-electron chi connectivity index (χ2n) is 9.70. The molecule has 1 amide bonds. The molecule has 2 heterocycles. The smallest absolute Gasteiger partial charge is 0.253 e. The number of pyridine rings is 1. The van der Waals surface area contributed by atoms with E-state index in [0.29, 0.717) is 23.6 Å². The van der Waals surface area contributed by atoms with Gasteiger partial charge in [0.05, 0.1) is 15.7 Å². The molecule has 0 radical (unpaired) electrons. The third-order valence-electron chi connectivity index (χ3n) is 6.62. The molecule has 198 valence electrons. The highest BCUT2D eigenvalue weighted by atomic mass is 32.2. The molecule has 6 nitrogen and oxygen atoms in total. The predicted octanol–water partition coefficient (Wildman–Crippen LogP) is 6.30. The first-order chi connectivity index (χ1) is 18.8. The molecule has 0 aliphatic heterocycles. The number of fused-ring (bicyclic) bond motifs is 1. The summed E-state index contributed by atoms with van der Waals surface area (Å²) < 4.78 is 32.6. The second kappa shape index (κ2) is 11.2.